The van der Waals surface area contributed by atoms with Crippen molar-refractivity contribution in [1.82, 2.24) is 15.3 Å². The smallest absolute Gasteiger partial charge is 0.424 e. The van der Waals surface area contributed by atoms with Gasteiger partial charge in [0.1, 0.15) is 18.7 Å². The number of ether oxygens (including phenoxy) is 1. The van der Waals surface area contributed by atoms with Crippen molar-refractivity contribution in [2.45, 2.75) is 43.6 Å². The van der Waals surface area contributed by atoms with E-state index in [1.54, 1.807) is 12.1 Å². The Morgan fingerprint density at radius 3 is 2.11 bits per heavy atom. The lowest BCUT2D eigenvalue weighted by Gasteiger charge is -2.38. The van der Waals surface area contributed by atoms with Gasteiger partial charge >= 0.3 is 6.09 Å². The minimum absolute atomic E-state index is 0.120. The van der Waals surface area contributed by atoms with Crippen LogP contribution in [0.5, 0.6) is 0 Å². The van der Waals surface area contributed by atoms with Crippen molar-refractivity contribution in [1.29, 1.82) is 0 Å². The van der Waals surface area contributed by atoms with E-state index in [0.717, 1.165) is 67.6 Å². The van der Waals surface area contributed by atoms with Crippen LogP contribution >= 0.6 is 0 Å². The van der Waals surface area contributed by atoms with Crippen molar-refractivity contribution < 1.29 is 18.7 Å². The van der Waals surface area contributed by atoms with E-state index in [1.165, 1.54) is 11.1 Å². The fourth-order valence-electron chi connectivity index (χ4n) is 6.42. The number of amides is 1. The van der Waals surface area contributed by atoms with Crippen LogP contribution in [-0.2, 0) is 21.6 Å². The third-order valence-corrected chi connectivity index (χ3v) is 8.89. The SMILES string of the molecule is O=CCN(NCC(CCCN1CCC(c2cccc(F)c2)CC1)(c1ccccc1)c1ccccc1)C(=O)OCc1ccccc1. The lowest BCUT2D eigenvalue weighted by atomic mass is 9.71. The molecule has 0 unspecified atom stereocenters. The number of carbonyl (C=O) groups excluding carboxylic acids is 2. The number of benzene rings is 4. The molecule has 1 amide bonds. The van der Waals surface area contributed by atoms with Gasteiger partial charge in [0.05, 0.1) is 6.54 Å². The molecule has 1 aliphatic rings. The summed E-state index contributed by atoms with van der Waals surface area (Å²) >= 11 is 0. The lowest BCUT2D eigenvalue weighted by Crippen LogP contribution is -2.51. The minimum Gasteiger partial charge on any atom is -0.444 e. The highest BCUT2D eigenvalue weighted by atomic mass is 19.1. The predicted octanol–water partition coefficient (Wildman–Crippen LogP) is 7.11. The molecule has 5 rings (SSSR count). The molecule has 1 saturated heterocycles. The molecule has 1 N–H and O–H groups in total. The second-order valence-electron chi connectivity index (χ2n) is 11.7. The number of rotatable bonds is 14. The van der Waals surface area contributed by atoms with E-state index in [1.807, 2.05) is 72.8 Å². The van der Waals surface area contributed by atoms with Crippen molar-refractivity contribution in [2.24, 2.45) is 0 Å². The first-order chi connectivity index (χ1) is 22.1. The molecular weight excluding hydrogens is 565 g/mol. The molecule has 1 heterocycles. The van der Waals surface area contributed by atoms with E-state index in [4.69, 9.17) is 4.74 Å². The molecule has 1 aliphatic heterocycles. The number of aldehydes is 1. The summed E-state index contributed by atoms with van der Waals surface area (Å²) in [5.74, 6) is 0.220. The minimum atomic E-state index is -0.595. The summed E-state index contributed by atoms with van der Waals surface area (Å²) in [6, 6.07) is 37.2. The van der Waals surface area contributed by atoms with Crippen LogP contribution in [0.2, 0.25) is 0 Å². The maximum atomic E-state index is 13.8. The first-order valence-electron chi connectivity index (χ1n) is 15.8. The summed E-state index contributed by atoms with van der Waals surface area (Å²) in [6.45, 7) is 3.28. The highest BCUT2D eigenvalue weighted by Gasteiger charge is 2.35. The van der Waals surface area contributed by atoms with E-state index in [0.29, 0.717) is 18.7 Å². The first-order valence-corrected chi connectivity index (χ1v) is 15.8. The number of hydrogen-bond acceptors (Lipinski definition) is 5. The second-order valence-corrected chi connectivity index (χ2v) is 11.7. The van der Waals surface area contributed by atoms with Crippen molar-refractivity contribution >= 4 is 12.4 Å². The molecule has 0 saturated carbocycles. The number of likely N-dealkylation sites (tertiary alicyclic amines) is 1. The Morgan fingerprint density at radius 2 is 1.51 bits per heavy atom. The van der Waals surface area contributed by atoms with Gasteiger partial charge in [-0.15, -0.1) is 0 Å². The Labute approximate surface area is 265 Å². The van der Waals surface area contributed by atoms with Gasteiger partial charge in [0.25, 0.3) is 0 Å². The van der Waals surface area contributed by atoms with E-state index in [2.05, 4.69) is 34.6 Å². The standard InChI is InChI=1S/C38H42FN3O3/c39-36-19-10-14-33(28-36)32-20-24-41(25-21-32)23-11-22-38(34-15-6-2-7-16-34,35-17-8-3-9-18-35)30-40-42(26-27-43)37(44)45-29-31-12-4-1-5-13-31/h1-10,12-19,27-28,32,40H,11,20-26,29-30H2. The summed E-state index contributed by atoms with van der Waals surface area (Å²) in [7, 11) is 0. The molecule has 4 aromatic carbocycles. The average Bonchev–Trinajstić information content (AvgIpc) is 3.09. The molecule has 0 spiro atoms. The molecule has 7 heteroatoms. The predicted molar refractivity (Wildman–Crippen MR) is 175 cm³/mol. The third kappa shape index (κ3) is 8.65. The molecule has 0 bridgehead atoms. The van der Waals surface area contributed by atoms with Crippen molar-refractivity contribution in [2.75, 3.05) is 32.7 Å². The summed E-state index contributed by atoms with van der Waals surface area (Å²) in [6.07, 6.45) is 3.89. The Bertz CT molecular complexity index is 1440. The zero-order valence-electron chi connectivity index (χ0n) is 25.7. The van der Waals surface area contributed by atoms with Gasteiger partial charge < -0.3 is 14.4 Å². The molecule has 1 fully saturated rings. The van der Waals surface area contributed by atoms with E-state index < -0.39 is 11.5 Å². The number of halogens is 1. The third-order valence-electron chi connectivity index (χ3n) is 8.89. The number of carbonyl (C=O) groups is 2. The zero-order chi connectivity index (χ0) is 31.3. The molecular formula is C38H42FN3O3. The van der Waals surface area contributed by atoms with E-state index in [-0.39, 0.29) is 19.0 Å². The lowest BCUT2D eigenvalue weighted by molar-refractivity contribution is -0.109. The van der Waals surface area contributed by atoms with Gasteiger partial charge in [0.2, 0.25) is 0 Å². The van der Waals surface area contributed by atoms with Crippen LogP contribution in [0.3, 0.4) is 0 Å². The van der Waals surface area contributed by atoms with Crippen LogP contribution in [0.15, 0.2) is 115 Å². The molecule has 6 nitrogen and oxygen atoms in total. The van der Waals surface area contributed by atoms with Crippen LogP contribution in [0.25, 0.3) is 0 Å². The summed E-state index contributed by atoms with van der Waals surface area (Å²) in [4.78, 5) is 27.2. The fraction of sp³-hybridized carbons (Fsp3) is 0.316. The van der Waals surface area contributed by atoms with Crippen LogP contribution in [-0.4, -0.2) is 55.0 Å². The van der Waals surface area contributed by atoms with E-state index >= 15 is 0 Å². The normalized spacial score (nSPS) is 14.2. The fourth-order valence-corrected chi connectivity index (χ4v) is 6.42. The Kier molecular flexibility index (Phi) is 11.5. The van der Waals surface area contributed by atoms with Gasteiger partial charge in [-0.05, 0) is 85.6 Å². The van der Waals surface area contributed by atoms with Gasteiger partial charge in [-0.1, -0.05) is 103 Å². The molecule has 4 aromatic rings. The monoisotopic (exact) mass is 607 g/mol. The highest BCUT2D eigenvalue weighted by Crippen LogP contribution is 2.37. The van der Waals surface area contributed by atoms with Gasteiger partial charge in [-0.25, -0.2) is 19.6 Å². The Hall–Kier alpha value is -4.33. The average molecular weight is 608 g/mol. The largest absolute Gasteiger partial charge is 0.444 e. The van der Waals surface area contributed by atoms with Gasteiger partial charge in [0, 0.05) is 12.0 Å². The van der Waals surface area contributed by atoms with Crippen LogP contribution < -0.4 is 5.43 Å². The van der Waals surface area contributed by atoms with Gasteiger partial charge in [-0.3, -0.25) is 0 Å². The molecule has 45 heavy (non-hydrogen) atoms. The highest BCUT2D eigenvalue weighted by molar-refractivity contribution is 5.70. The van der Waals surface area contributed by atoms with Crippen LogP contribution in [0, 0.1) is 5.82 Å². The molecule has 234 valence electrons. The molecule has 0 aliphatic carbocycles. The number of nitrogens with zero attached hydrogens (tertiary/aromatic N) is 2. The van der Waals surface area contributed by atoms with Crippen molar-refractivity contribution in [3.05, 3.63) is 143 Å². The zero-order valence-corrected chi connectivity index (χ0v) is 25.7. The van der Waals surface area contributed by atoms with Crippen LogP contribution in [0.4, 0.5) is 9.18 Å². The first kappa shape index (κ1) is 32.1. The topological polar surface area (TPSA) is 61.9 Å². The van der Waals surface area contributed by atoms with Crippen LogP contribution in [0.1, 0.15) is 53.9 Å². The maximum Gasteiger partial charge on any atom is 0.424 e. The molecule has 0 atom stereocenters. The number of nitrogens with one attached hydrogen (secondary N) is 1. The Balaban J connectivity index is 1.29. The van der Waals surface area contributed by atoms with Gasteiger partial charge in [0.15, 0.2) is 0 Å². The summed E-state index contributed by atoms with van der Waals surface area (Å²) < 4.78 is 19.4. The molecule has 0 aromatic heterocycles. The Morgan fingerprint density at radius 1 is 0.889 bits per heavy atom. The maximum absolute atomic E-state index is 13.8. The number of piperidine rings is 1. The quantitative estimate of drug-likeness (QED) is 0.122. The van der Waals surface area contributed by atoms with Crippen molar-refractivity contribution in [3.8, 4) is 0 Å². The number of hydrazine groups is 1. The van der Waals surface area contributed by atoms with Crippen molar-refractivity contribution in [3.63, 3.8) is 0 Å². The summed E-state index contributed by atoms with van der Waals surface area (Å²) in [5.41, 5.74) is 7.07. The molecule has 0 radical (unpaired) electrons. The van der Waals surface area contributed by atoms with Gasteiger partial charge in [-0.2, -0.15) is 0 Å². The van der Waals surface area contributed by atoms with E-state index in [9.17, 15) is 14.0 Å². The summed E-state index contributed by atoms with van der Waals surface area (Å²) in [5, 5.41) is 1.27. The second kappa shape index (κ2) is 16.1. The number of hydrogen-bond donors (Lipinski definition) is 1.